The molecule has 0 saturated carbocycles. The van der Waals surface area contributed by atoms with Gasteiger partial charge in [-0.1, -0.05) is 48.4 Å². The zero-order valence-corrected chi connectivity index (χ0v) is 15.1. The van der Waals surface area contributed by atoms with Crippen LogP contribution in [-0.4, -0.2) is 10.8 Å². The summed E-state index contributed by atoms with van der Waals surface area (Å²) in [6.07, 6.45) is 0.777. The Morgan fingerprint density at radius 3 is 2.61 bits per heavy atom. The third kappa shape index (κ3) is 5.05. The first-order valence-electron chi connectivity index (χ1n) is 7.46. The maximum atomic E-state index is 6.03. The van der Waals surface area contributed by atoms with Crippen LogP contribution in [0, 0.1) is 13.8 Å². The van der Waals surface area contributed by atoms with Crippen LogP contribution in [-0.2, 0) is 0 Å². The van der Waals surface area contributed by atoms with Crippen molar-refractivity contribution in [3.8, 4) is 0 Å². The van der Waals surface area contributed by atoms with Crippen molar-refractivity contribution in [1.29, 1.82) is 0 Å². The van der Waals surface area contributed by atoms with Gasteiger partial charge in [0.2, 0.25) is 0 Å². The molecule has 2 aromatic carbocycles. The Kier molecular flexibility index (Phi) is 6.13. The fourth-order valence-electron chi connectivity index (χ4n) is 2.24. The molecule has 3 nitrogen and oxygen atoms in total. The molecule has 0 unspecified atom stereocenters. The summed E-state index contributed by atoms with van der Waals surface area (Å²) >= 11 is 11.3. The van der Waals surface area contributed by atoms with Gasteiger partial charge in [0, 0.05) is 10.7 Å². The van der Waals surface area contributed by atoms with E-state index < -0.39 is 0 Å². The molecule has 0 fully saturated rings. The molecule has 0 aromatic heterocycles. The van der Waals surface area contributed by atoms with Crippen molar-refractivity contribution in [2.24, 2.45) is 5.10 Å². The van der Waals surface area contributed by atoms with E-state index in [1.54, 1.807) is 0 Å². The van der Waals surface area contributed by atoms with Crippen molar-refractivity contribution in [2.75, 3.05) is 5.32 Å². The van der Waals surface area contributed by atoms with Crippen LogP contribution < -0.4 is 10.7 Å². The lowest BCUT2D eigenvalue weighted by Gasteiger charge is -2.11. The number of aryl methyl sites for hydroxylation is 2. The summed E-state index contributed by atoms with van der Waals surface area (Å²) in [6, 6.07) is 13.8. The maximum absolute atomic E-state index is 6.03. The molecule has 23 heavy (non-hydrogen) atoms. The second-order valence-corrected chi connectivity index (χ2v) is 6.15. The van der Waals surface area contributed by atoms with E-state index in [1.165, 1.54) is 5.56 Å². The van der Waals surface area contributed by atoms with Crippen molar-refractivity contribution in [3.63, 3.8) is 0 Å². The number of halogens is 1. The standard InChI is InChI=1S/C18H20ClN3S/c1-4-16(14-6-5-7-15(19)11-14)21-22-18(23)20-17-9-8-12(2)10-13(17)3/h5-11H,4H2,1-3H3,(H2,20,22,23)/b21-16+. The molecule has 0 spiro atoms. The molecule has 0 heterocycles. The molecule has 2 rings (SSSR count). The summed E-state index contributed by atoms with van der Waals surface area (Å²) in [4.78, 5) is 0. The molecule has 0 amide bonds. The summed E-state index contributed by atoms with van der Waals surface area (Å²) in [5, 5.41) is 8.73. The van der Waals surface area contributed by atoms with Crippen LogP contribution >= 0.6 is 23.8 Å². The molecule has 0 aliphatic rings. The van der Waals surface area contributed by atoms with Gasteiger partial charge in [-0.2, -0.15) is 5.10 Å². The topological polar surface area (TPSA) is 36.4 Å². The van der Waals surface area contributed by atoms with Crippen molar-refractivity contribution in [3.05, 3.63) is 64.2 Å². The first-order valence-corrected chi connectivity index (χ1v) is 8.25. The number of thiocarbonyl (C=S) groups is 1. The normalized spacial score (nSPS) is 11.2. The van der Waals surface area contributed by atoms with Crippen LogP contribution in [0.25, 0.3) is 0 Å². The average molecular weight is 346 g/mol. The van der Waals surface area contributed by atoms with Crippen molar-refractivity contribution >= 4 is 40.3 Å². The first kappa shape index (κ1) is 17.4. The summed E-state index contributed by atoms with van der Waals surface area (Å²) < 4.78 is 0. The Bertz CT molecular complexity index is 741. The Balaban J connectivity index is 2.06. The van der Waals surface area contributed by atoms with E-state index in [1.807, 2.05) is 50.2 Å². The predicted molar refractivity (Wildman–Crippen MR) is 104 cm³/mol. The number of hydrogen-bond acceptors (Lipinski definition) is 2. The van der Waals surface area contributed by atoms with E-state index in [2.05, 4.69) is 28.8 Å². The van der Waals surface area contributed by atoms with Gasteiger partial charge < -0.3 is 5.32 Å². The molecular weight excluding hydrogens is 326 g/mol. The molecule has 0 saturated heterocycles. The quantitative estimate of drug-likeness (QED) is 0.462. The molecule has 0 atom stereocenters. The third-order valence-corrected chi connectivity index (χ3v) is 3.84. The summed E-state index contributed by atoms with van der Waals surface area (Å²) in [7, 11) is 0. The number of benzene rings is 2. The minimum absolute atomic E-state index is 0.463. The van der Waals surface area contributed by atoms with Crippen LogP contribution in [0.3, 0.4) is 0 Å². The Morgan fingerprint density at radius 2 is 1.96 bits per heavy atom. The number of nitrogens with zero attached hydrogens (tertiary/aromatic N) is 1. The van der Waals surface area contributed by atoms with E-state index in [-0.39, 0.29) is 0 Å². The zero-order chi connectivity index (χ0) is 16.8. The van der Waals surface area contributed by atoms with E-state index in [0.717, 1.165) is 28.9 Å². The van der Waals surface area contributed by atoms with Crippen LogP contribution in [0.2, 0.25) is 5.02 Å². The highest BCUT2D eigenvalue weighted by Gasteiger charge is 2.04. The highest BCUT2D eigenvalue weighted by molar-refractivity contribution is 7.80. The molecule has 0 bridgehead atoms. The fraction of sp³-hybridized carbons (Fsp3) is 0.222. The van der Waals surface area contributed by atoms with E-state index in [0.29, 0.717) is 10.1 Å². The Labute approximate surface area is 147 Å². The van der Waals surface area contributed by atoms with E-state index >= 15 is 0 Å². The van der Waals surface area contributed by atoms with Gasteiger partial charge in [-0.15, -0.1) is 0 Å². The second-order valence-electron chi connectivity index (χ2n) is 5.31. The van der Waals surface area contributed by atoms with Gasteiger partial charge in [0.05, 0.1) is 5.71 Å². The molecule has 0 aliphatic heterocycles. The Morgan fingerprint density at radius 1 is 1.17 bits per heavy atom. The van der Waals surface area contributed by atoms with Crippen molar-refractivity contribution < 1.29 is 0 Å². The zero-order valence-electron chi connectivity index (χ0n) is 13.5. The molecule has 120 valence electrons. The minimum atomic E-state index is 0.463. The van der Waals surface area contributed by atoms with E-state index in [4.69, 9.17) is 23.8 Å². The van der Waals surface area contributed by atoms with Gasteiger partial charge in [-0.25, -0.2) is 0 Å². The van der Waals surface area contributed by atoms with Crippen LogP contribution in [0.15, 0.2) is 47.6 Å². The summed E-state index contributed by atoms with van der Waals surface area (Å²) in [5.74, 6) is 0. The van der Waals surface area contributed by atoms with Gasteiger partial charge >= 0.3 is 0 Å². The summed E-state index contributed by atoms with van der Waals surface area (Å²) in [5.41, 5.74) is 8.13. The second kappa shape index (κ2) is 8.09. The predicted octanol–water partition coefficient (Wildman–Crippen LogP) is 5.06. The van der Waals surface area contributed by atoms with Crippen molar-refractivity contribution in [1.82, 2.24) is 5.43 Å². The molecular formula is C18H20ClN3S. The SMILES string of the molecule is CC/C(=N\NC(=S)Nc1ccc(C)cc1C)c1cccc(Cl)c1. The maximum Gasteiger partial charge on any atom is 0.191 e. The van der Waals surface area contributed by atoms with Crippen LogP contribution in [0.4, 0.5) is 5.69 Å². The lowest BCUT2D eigenvalue weighted by molar-refractivity contribution is 1.02. The van der Waals surface area contributed by atoms with Gasteiger partial charge in [0.25, 0.3) is 0 Å². The van der Waals surface area contributed by atoms with Gasteiger partial charge in [0.15, 0.2) is 5.11 Å². The Hall–Kier alpha value is -1.91. The smallest absolute Gasteiger partial charge is 0.191 e. The fourth-order valence-corrected chi connectivity index (χ4v) is 2.58. The minimum Gasteiger partial charge on any atom is -0.331 e. The molecule has 0 radical (unpaired) electrons. The van der Waals surface area contributed by atoms with Gasteiger partial charge in [0.1, 0.15) is 0 Å². The van der Waals surface area contributed by atoms with Gasteiger partial charge in [-0.3, -0.25) is 5.43 Å². The average Bonchev–Trinajstić information content (AvgIpc) is 2.51. The van der Waals surface area contributed by atoms with Crippen LogP contribution in [0.1, 0.15) is 30.0 Å². The third-order valence-electron chi connectivity index (χ3n) is 3.42. The monoisotopic (exact) mass is 345 g/mol. The van der Waals surface area contributed by atoms with Crippen LogP contribution in [0.5, 0.6) is 0 Å². The van der Waals surface area contributed by atoms with Gasteiger partial charge in [-0.05, 0) is 61.8 Å². The largest absolute Gasteiger partial charge is 0.331 e. The molecule has 0 aliphatic carbocycles. The number of anilines is 1. The van der Waals surface area contributed by atoms with E-state index in [9.17, 15) is 0 Å². The number of nitrogens with one attached hydrogen (secondary N) is 2. The number of hydrazone groups is 1. The first-order chi connectivity index (χ1) is 11.0. The lowest BCUT2D eigenvalue weighted by Crippen LogP contribution is -2.25. The highest BCUT2D eigenvalue weighted by atomic mass is 35.5. The number of rotatable bonds is 4. The molecule has 2 aromatic rings. The lowest BCUT2D eigenvalue weighted by atomic mass is 10.1. The summed E-state index contributed by atoms with van der Waals surface area (Å²) in [6.45, 7) is 6.16. The number of hydrogen-bond donors (Lipinski definition) is 2. The van der Waals surface area contributed by atoms with Crippen molar-refractivity contribution in [2.45, 2.75) is 27.2 Å². The highest BCUT2D eigenvalue weighted by Crippen LogP contribution is 2.16. The molecule has 2 N–H and O–H groups in total. The molecule has 5 heteroatoms.